The van der Waals surface area contributed by atoms with Gasteiger partial charge in [-0.1, -0.05) is 12.1 Å². The van der Waals surface area contributed by atoms with Crippen LogP contribution in [0.15, 0.2) is 53.4 Å². The molecule has 0 unspecified atom stereocenters. The highest BCUT2D eigenvalue weighted by Gasteiger charge is 2.46. The third-order valence-electron chi connectivity index (χ3n) is 4.44. The van der Waals surface area contributed by atoms with E-state index in [0.717, 1.165) is 17.0 Å². The summed E-state index contributed by atoms with van der Waals surface area (Å²) in [5, 5.41) is 2.53. The number of imide groups is 1. The van der Waals surface area contributed by atoms with Crippen molar-refractivity contribution in [3.8, 4) is 0 Å². The number of benzene rings is 2. The van der Waals surface area contributed by atoms with Gasteiger partial charge in [-0.15, -0.1) is 0 Å². The van der Waals surface area contributed by atoms with Gasteiger partial charge in [-0.25, -0.2) is 8.42 Å². The first kappa shape index (κ1) is 21.5. The molecule has 2 aromatic carbocycles. The van der Waals surface area contributed by atoms with E-state index in [1.54, 1.807) is 24.3 Å². The fourth-order valence-electron chi connectivity index (χ4n) is 2.80. The maximum absolute atomic E-state index is 12.6. The number of hydrogen-bond donors (Lipinski definition) is 1. The van der Waals surface area contributed by atoms with Gasteiger partial charge in [0.1, 0.15) is 0 Å². The summed E-state index contributed by atoms with van der Waals surface area (Å²) in [5.41, 5.74) is -4.41. The van der Waals surface area contributed by atoms with E-state index < -0.39 is 26.1 Å². The minimum absolute atomic E-state index is 0.0338. The van der Waals surface area contributed by atoms with Crippen molar-refractivity contribution in [3.05, 3.63) is 59.7 Å². The third kappa shape index (κ3) is 4.35. The van der Waals surface area contributed by atoms with Crippen molar-refractivity contribution in [1.82, 2.24) is 4.90 Å². The molecule has 3 rings (SSSR count). The summed E-state index contributed by atoms with van der Waals surface area (Å²) < 4.78 is 60.4. The first-order valence-electron chi connectivity index (χ1n) is 8.64. The lowest BCUT2D eigenvalue weighted by Crippen LogP contribution is -2.28. The van der Waals surface area contributed by atoms with Gasteiger partial charge in [0.15, 0.2) is 0 Å². The van der Waals surface area contributed by atoms with E-state index in [1.165, 1.54) is 0 Å². The zero-order chi connectivity index (χ0) is 22.1. The zero-order valence-electron chi connectivity index (χ0n) is 15.3. The van der Waals surface area contributed by atoms with E-state index in [9.17, 15) is 36.0 Å². The second-order valence-corrected chi connectivity index (χ2v) is 8.44. The molecule has 1 aliphatic heterocycles. The Bertz CT molecular complexity index is 1080. The molecule has 11 heteroatoms. The van der Waals surface area contributed by atoms with Crippen LogP contribution < -0.4 is 5.32 Å². The highest BCUT2D eigenvalue weighted by atomic mass is 32.2. The molecule has 1 N–H and O–H groups in total. The molecule has 3 amide bonds. The zero-order valence-corrected chi connectivity index (χ0v) is 16.1. The molecule has 1 aliphatic rings. The van der Waals surface area contributed by atoms with Crippen molar-refractivity contribution in [1.29, 1.82) is 0 Å². The van der Waals surface area contributed by atoms with Crippen LogP contribution in [0, 0.1) is 0 Å². The van der Waals surface area contributed by atoms with E-state index in [4.69, 9.17) is 0 Å². The van der Waals surface area contributed by atoms with Gasteiger partial charge in [0.25, 0.3) is 15.7 Å². The van der Waals surface area contributed by atoms with E-state index >= 15 is 0 Å². The number of hydrogen-bond acceptors (Lipinski definition) is 5. The van der Waals surface area contributed by atoms with Gasteiger partial charge in [-0.3, -0.25) is 19.3 Å². The molecule has 2 aromatic rings. The van der Waals surface area contributed by atoms with Gasteiger partial charge >= 0.3 is 5.51 Å². The van der Waals surface area contributed by atoms with Crippen molar-refractivity contribution in [2.45, 2.75) is 29.8 Å². The number of carbonyl (C=O) groups is 3. The molecule has 0 aliphatic carbocycles. The topological polar surface area (TPSA) is 101 Å². The molecular weight excluding hydrogens is 425 g/mol. The number of rotatable bonds is 5. The van der Waals surface area contributed by atoms with Crippen molar-refractivity contribution in [2.75, 3.05) is 5.32 Å². The number of nitrogens with zero attached hydrogens (tertiary/aromatic N) is 1. The lowest BCUT2D eigenvalue weighted by atomic mass is 10.1. The van der Waals surface area contributed by atoms with Crippen molar-refractivity contribution in [2.24, 2.45) is 0 Å². The largest absolute Gasteiger partial charge is 0.501 e. The van der Waals surface area contributed by atoms with Gasteiger partial charge in [-0.05, 0) is 42.0 Å². The summed E-state index contributed by atoms with van der Waals surface area (Å²) in [4.78, 5) is 35.7. The van der Waals surface area contributed by atoms with Crippen molar-refractivity contribution >= 4 is 33.2 Å². The molecule has 0 atom stereocenters. The molecule has 7 nitrogen and oxygen atoms in total. The molecule has 0 radical (unpaired) electrons. The van der Waals surface area contributed by atoms with Crippen LogP contribution in [0.4, 0.5) is 18.9 Å². The minimum atomic E-state index is -5.48. The molecule has 158 valence electrons. The molecule has 0 spiro atoms. The molecule has 0 saturated carbocycles. The number of anilines is 1. The third-order valence-corrected chi connectivity index (χ3v) is 5.94. The van der Waals surface area contributed by atoms with E-state index in [1.807, 2.05) is 0 Å². The van der Waals surface area contributed by atoms with Crippen LogP contribution in [-0.4, -0.2) is 36.5 Å². The maximum Gasteiger partial charge on any atom is 0.501 e. The van der Waals surface area contributed by atoms with Gasteiger partial charge in [0.2, 0.25) is 11.8 Å². The Kier molecular flexibility index (Phi) is 5.66. The van der Waals surface area contributed by atoms with Gasteiger partial charge in [0, 0.05) is 24.1 Å². The molecule has 0 bridgehead atoms. The molecule has 1 saturated heterocycles. The Morgan fingerprint density at radius 1 is 0.933 bits per heavy atom. The Labute approximate surface area is 169 Å². The quantitative estimate of drug-likeness (QED) is 0.721. The van der Waals surface area contributed by atoms with Crippen LogP contribution in [0.5, 0.6) is 0 Å². The van der Waals surface area contributed by atoms with E-state index in [-0.39, 0.29) is 36.8 Å². The maximum atomic E-state index is 12.6. The molecule has 30 heavy (non-hydrogen) atoms. The highest BCUT2D eigenvalue weighted by molar-refractivity contribution is 7.92. The monoisotopic (exact) mass is 440 g/mol. The number of halogens is 3. The number of sulfone groups is 1. The SMILES string of the molecule is O=C(Nc1ccc(CN2C(=O)CCC2=O)cc1)c1ccc(S(=O)(=O)C(F)(F)F)cc1. The van der Waals surface area contributed by atoms with Crippen LogP contribution >= 0.6 is 0 Å². The fraction of sp³-hybridized carbons (Fsp3) is 0.211. The Morgan fingerprint density at radius 3 is 1.97 bits per heavy atom. The van der Waals surface area contributed by atoms with Crippen LogP contribution in [0.25, 0.3) is 0 Å². The lowest BCUT2D eigenvalue weighted by molar-refractivity contribution is -0.139. The summed E-state index contributed by atoms with van der Waals surface area (Å²) in [6, 6.07) is 9.71. The standard InChI is InChI=1S/C19H15F3N2O5S/c20-19(21,22)30(28,29)15-7-3-13(4-8-15)18(27)23-14-5-1-12(2-6-14)11-24-16(25)9-10-17(24)26/h1-8H,9-11H2,(H,23,27). The molecular formula is C19H15F3N2O5S. The van der Waals surface area contributed by atoms with Crippen LogP contribution in [0.2, 0.25) is 0 Å². The summed E-state index contributed by atoms with van der Waals surface area (Å²) in [6.45, 7) is 0.126. The van der Waals surface area contributed by atoms with E-state index in [0.29, 0.717) is 23.4 Å². The summed E-state index contributed by atoms with van der Waals surface area (Å²) >= 11 is 0. The second kappa shape index (κ2) is 7.90. The lowest BCUT2D eigenvalue weighted by Gasteiger charge is -2.14. The van der Waals surface area contributed by atoms with Gasteiger partial charge in [-0.2, -0.15) is 13.2 Å². The molecule has 0 aromatic heterocycles. The highest BCUT2D eigenvalue weighted by Crippen LogP contribution is 2.30. The fourth-order valence-corrected chi connectivity index (χ4v) is 3.56. The summed E-state index contributed by atoms with van der Waals surface area (Å²) in [5.74, 6) is -1.13. The summed E-state index contributed by atoms with van der Waals surface area (Å²) in [7, 11) is -5.48. The Balaban J connectivity index is 1.66. The number of nitrogens with one attached hydrogen (secondary N) is 1. The van der Waals surface area contributed by atoms with Crippen LogP contribution in [0.3, 0.4) is 0 Å². The van der Waals surface area contributed by atoms with Crippen LogP contribution in [0.1, 0.15) is 28.8 Å². The number of likely N-dealkylation sites (tertiary alicyclic amines) is 1. The second-order valence-electron chi connectivity index (χ2n) is 6.50. The normalized spacial score (nSPS) is 14.8. The summed E-state index contributed by atoms with van der Waals surface area (Å²) in [6.07, 6.45) is 0.381. The average molecular weight is 440 g/mol. The molecule has 1 heterocycles. The first-order valence-corrected chi connectivity index (χ1v) is 10.1. The number of amides is 3. The Morgan fingerprint density at radius 2 is 1.47 bits per heavy atom. The van der Waals surface area contributed by atoms with Gasteiger partial charge < -0.3 is 5.32 Å². The average Bonchev–Trinajstić information content (AvgIpc) is 3.00. The van der Waals surface area contributed by atoms with E-state index in [2.05, 4.69) is 5.32 Å². The predicted octanol–water partition coefficient (Wildman–Crippen LogP) is 2.88. The minimum Gasteiger partial charge on any atom is -0.322 e. The van der Waals surface area contributed by atoms with Crippen molar-refractivity contribution < 1.29 is 36.0 Å². The molecule has 1 fully saturated rings. The van der Waals surface area contributed by atoms with Gasteiger partial charge in [0.05, 0.1) is 11.4 Å². The van der Waals surface area contributed by atoms with Crippen molar-refractivity contribution in [3.63, 3.8) is 0 Å². The Hall–Kier alpha value is -3.21. The van der Waals surface area contributed by atoms with Crippen LogP contribution in [-0.2, 0) is 26.0 Å². The first-order chi connectivity index (χ1) is 14.0. The predicted molar refractivity (Wildman–Crippen MR) is 98.9 cm³/mol. The number of alkyl halides is 3. The smallest absolute Gasteiger partial charge is 0.322 e. The number of carbonyl (C=O) groups excluding carboxylic acids is 3.